The molecule has 0 aliphatic carbocycles. The Morgan fingerprint density at radius 2 is 1.85 bits per heavy atom. The van der Waals surface area contributed by atoms with Gasteiger partial charge in [-0.2, -0.15) is 5.10 Å². The third kappa shape index (κ3) is 5.93. The maximum atomic E-state index is 11.8. The van der Waals surface area contributed by atoms with Gasteiger partial charge in [0.05, 0.1) is 11.2 Å². The SMILES string of the molecule is CCN(CC)c1ccc(/C=N/NC(=O)COc2ccc(Cl)cc2Cl)cc1. The minimum absolute atomic E-state index is 0.195. The molecule has 0 atom stereocenters. The van der Waals surface area contributed by atoms with E-state index in [9.17, 15) is 4.79 Å². The minimum atomic E-state index is -0.382. The zero-order chi connectivity index (χ0) is 18.9. The number of rotatable bonds is 8. The van der Waals surface area contributed by atoms with Gasteiger partial charge in [0.25, 0.3) is 5.91 Å². The highest BCUT2D eigenvalue weighted by molar-refractivity contribution is 6.35. The molecule has 0 heterocycles. The number of carbonyl (C=O) groups excluding carboxylic acids is 1. The first-order valence-electron chi connectivity index (χ1n) is 8.28. The summed E-state index contributed by atoms with van der Waals surface area (Å²) in [5.41, 5.74) is 4.47. The fourth-order valence-corrected chi connectivity index (χ4v) is 2.77. The number of hydrogen-bond acceptors (Lipinski definition) is 4. The second-order valence-corrected chi connectivity index (χ2v) is 6.26. The molecule has 0 unspecified atom stereocenters. The van der Waals surface area contributed by atoms with Crippen LogP contribution in [0.1, 0.15) is 19.4 Å². The van der Waals surface area contributed by atoms with Gasteiger partial charge in [0, 0.05) is 23.8 Å². The molecule has 0 bridgehead atoms. The average Bonchev–Trinajstić information content (AvgIpc) is 2.63. The fourth-order valence-electron chi connectivity index (χ4n) is 2.31. The van der Waals surface area contributed by atoms with E-state index in [4.69, 9.17) is 27.9 Å². The molecule has 7 heteroatoms. The molecule has 2 aromatic rings. The lowest BCUT2D eigenvalue weighted by Gasteiger charge is -2.20. The number of hydrogen-bond donors (Lipinski definition) is 1. The number of halogens is 2. The van der Waals surface area contributed by atoms with E-state index >= 15 is 0 Å². The summed E-state index contributed by atoms with van der Waals surface area (Å²) in [6, 6.07) is 12.8. The molecule has 0 saturated carbocycles. The molecule has 5 nitrogen and oxygen atoms in total. The monoisotopic (exact) mass is 393 g/mol. The van der Waals surface area contributed by atoms with Gasteiger partial charge in [-0.1, -0.05) is 35.3 Å². The van der Waals surface area contributed by atoms with Crippen molar-refractivity contribution in [1.29, 1.82) is 0 Å². The zero-order valence-electron chi connectivity index (χ0n) is 14.7. The largest absolute Gasteiger partial charge is 0.482 e. The number of anilines is 1. The molecule has 0 saturated heterocycles. The van der Waals surface area contributed by atoms with Gasteiger partial charge in [-0.05, 0) is 49.7 Å². The molecule has 2 aromatic carbocycles. The van der Waals surface area contributed by atoms with Gasteiger partial charge in [0.1, 0.15) is 5.75 Å². The lowest BCUT2D eigenvalue weighted by Crippen LogP contribution is -2.24. The molecule has 0 radical (unpaired) electrons. The molecule has 1 amide bonds. The molecule has 0 aliphatic rings. The minimum Gasteiger partial charge on any atom is -0.482 e. The van der Waals surface area contributed by atoms with Crippen LogP contribution in [-0.2, 0) is 4.79 Å². The summed E-state index contributed by atoms with van der Waals surface area (Å²) >= 11 is 11.8. The Balaban J connectivity index is 1.83. The maximum absolute atomic E-state index is 11.8. The normalized spacial score (nSPS) is 10.8. The molecule has 138 valence electrons. The van der Waals surface area contributed by atoms with Gasteiger partial charge in [0.2, 0.25) is 0 Å². The maximum Gasteiger partial charge on any atom is 0.277 e. The highest BCUT2D eigenvalue weighted by Gasteiger charge is 2.06. The standard InChI is InChI=1S/C19H21Cl2N3O2/c1-3-24(4-2)16-8-5-14(6-9-16)12-22-23-19(25)13-26-18-10-7-15(20)11-17(18)21/h5-12H,3-4,13H2,1-2H3,(H,23,25)/b22-12+. The van der Waals surface area contributed by atoms with Crippen LogP contribution in [0.4, 0.5) is 5.69 Å². The van der Waals surface area contributed by atoms with Gasteiger partial charge >= 0.3 is 0 Å². The van der Waals surface area contributed by atoms with Gasteiger partial charge in [-0.25, -0.2) is 5.43 Å². The predicted molar refractivity (Wildman–Crippen MR) is 108 cm³/mol. The first-order valence-corrected chi connectivity index (χ1v) is 9.03. The molecule has 2 rings (SSSR count). The Morgan fingerprint density at radius 3 is 2.46 bits per heavy atom. The van der Waals surface area contributed by atoms with Crippen LogP contribution in [0, 0.1) is 0 Å². The van der Waals surface area contributed by atoms with E-state index in [0.717, 1.165) is 24.3 Å². The second-order valence-electron chi connectivity index (χ2n) is 5.42. The van der Waals surface area contributed by atoms with Crippen molar-refractivity contribution in [2.75, 3.05) is 24.6 Å². The summed E-state index contributed by atoms with van der Waals surface area (Å²) in [6.07, 6.45) is 1.58. The van der Waals surface area contributed by atoms with Crippen LogP contribution >= 0.6 is 23.2 Å². The number of amides is 1. The van der Waals surface area contributed by atoms with Crippen LogP contribution in [0.5, 0.6) is 5.75 Å². The summed E-state index contributed by atoms with van der Waals surface area (Å²) < 4.78 is 5.34. The molecule has 0 aromatic heterocycles. The highest BCUT2D eigenvalue weighted by Crippen LogP contribution is 2.27. The van der Waals surface area contributed by atoms with E-state index in [1.807, 2.05) is 24.3 Å². The van der Waals surface area contributed by atoms with E-state index in [1.165, 1.54) is 0 Å². The number of benzene rings is 2. The number of hydrazone groups is 1. The van der Waals surface area contributed by atoms with E-state index in [-0.39, 0.29) is 12.5 Å². The molecule has 0 fully saturated rings. The van der Waals surface area contributed by atoms with Crippen LogP contribution in [-0.4, -0.2) is 31.8 Å². The van der Waals surface area contributed by atoms with Gasteiger partial charge < -0.3 is 9.64 Å². The van der Waals surface area contributed by atoms with E-state index in [1.54, 1.807) is 24.4 Å². The third-order valence-electron chi connectivity index (χ3n) is 3.68. The van der Waals surface area contributed by atoms with Crippen LogP contribution in [0.2, 0.25) is 10.0 Å². The van der Waals surface area contributed by atoms with Crippen molar-refractivity contribution in [2.45, 2.75) is 13.8 Å². The highest BCUT2D eigenvalue weighted by atomic mass is 35.5. The second kappa shape index (κ2) is 10.0. The van der Waals surface area contributed by atoms with Crippen LogP contribution in [0.15, 0.2) is 47.6 Å². The molecule has 0 spiro atoms. The van der Waals surface area contributed by atoms with Crippen molar-refractivity contribution in [3.05, 3.63) is 58.1 Å². The van der Waals surface area contributed by atoms with Crippen molar-refractivity contribution in [1.82, 2.24) is 5.43 Å². The van der Waals surface area contributed by atoms with Crippen molar-refractivity contribution in [3.63, 3.8) is 0 Å². The third-order valence-corrected chi connectivity index (χ3v) is 4.21. The lowest BCUT2D eigenvalue weighted by atomic mass is 10.2. The molecular formula is C19H21Cl2N3O2. The number of nitrogens with zero attached hydrogens (tertiary/aromatic N) is 2. The van der Waals surface area contributed by atoms with Crippen molar-refractivity contribution >= 4 is 41.0 Å². The van der Waals surface area contributed by atoms with E-state index < -0.39 is 0 Å². The Hall–Kier alpha value is -2.24. The first-order chi connectivity index (χ1) is 12.5. The average molecular weight is 394 g/mol. The number of nitrogens with one attached hydrogen (secondary N) is 1. The van der Waals surface area contributed by atoms with Crippen molar-refractivity contribution < 1.29 is 9.53 Å². The predicted octanol–water partition coefficient (Wildman–Crippen LogP) is 4.37. The number of ether oxygens (including phenoxy) is 1. The molecule has 26 heavy (non-hydrogen) atoms. The van der Waals surface area contributed by atoms with Crippen LogP contribution < -0.4 is 15.1 Å². The summed E-state index contributed by atoms with van der Waals surface area (Å²) in [5.74, 6) is 0.00853. The van der Waals surface area contributed by atoms with Gasteiger partial charge in [0.15, 0.2) is 6.61 Å². The van der Waals surface area contributed by atoms with E-state index in [0.29, 0.717) is 15.8 Å². The zero-order valence-corrected chi connectivity index (χ0v) is 16.2. The Bertz CT molecular complexity index is 760. The van der Waals surface area contributed by atoms with Crippen LogP contribution in [0.3, 0.4) is 0 Å². The van der Waals surface area contributed by atoms with Gasteiger partial charge in [-0.15, -0.1) is 0 Å². The Morgan fingerprint density at radius 1 is 1.15 bits per heavy atom. The fraction of sp³-hybridized carbons (Fsp3) is 0.263. The van der Waals surface area contributed by atoms with Crippen molar-refractivity contribution in [3.8, 4) is 5.75 Å². The Labute approximate surface area is 163 Å². The summed E-state index contributed by atoms with van der Waals surface area (Å²) in [5, 5.41) is 4.79. The number of carbonyl (C=O) groups is 1. The summed E-state index contributed by atoms with van der Waals surface area (Å²) in [7, 11) is 0. The first kappa shape index (κ1) is 20.1. The van der Waals surface area contributed by atoms with E-state index in [2.05, 4.69) is 29.3 Å². The lowest BCUT2D eigenvalue weighted by molar-refractivity contribution is -0.123. The summed E-state index contributed by atoms with van der Waals surface area (Å²) in [4.78, 5) is 14.0. The molecule has 0 aliphatic heterocycles. The molecular weight excluding hydrogens is 373 g/mol. The topological polar surface area (TPSA) is 53.9 Å². The smallest absolute Gasteiger partial charge is 0.277 e. The quantitative estimate of drug-likeness (QED) is 0.535. The van der Waals surface area contributed by atoms with Gasteiger partial charge in [-0.3, -0.25) is 4.79 Å². The molecule has 1 N–H and O–H groups in total. The van der Waals surface area contributed by atoms with Crippen molar-refractivity contribution in [2.24, 2.45) is 5.10 Å². The Kier molecular flexibility index (Phi) is 7.75. The summed E-state index contributed by atoms with van der Waals surface area (Å²) in [6.45, 7) is 5.95. The van der Waals surface area contributed by atoms with Crippen LogP contribution in [0.25, 0.3) is 0 Å².